The average molecular weight is 368 g/mol. The molecule has 0 aliphatic rings. The molecule has 108 valence electrons. The molecular formula is C14H20BrClO2S. The summed E-state index contributed by atoms with van der Waals surface area (Å²) in [5.41, 5.74) is 1.00. The fourth-order valence-electron chi connectivity index (χ4n) is 1.73. The third-order valence-corrected chi connectivity index (χ3v) is 6.96. The predicted molar refractivity (Wildman–Crippen MR) is 86.1 cm³/mol. The van der Waals surface area contributed by atoms with E-state index in [1.54, 1.807) is 20.8 Å². The van der Waals surface area contributed by atoms with Gasteiger partial charge in [-0.15, -0.1) is 0 Å². The Morgan fingerprint density at radius 2 is 1.84 bits per heavy atom. The first-order valence-electron chi connectivity index (χ1n) is 6.21. The second-order valence-corrected chi connectivity index (χ2v) is 9.51. The van der Waals surface area contributed by atoms with Gasteiger partial charge in [-0.2, -0.15) is 0 Å². The Morgan fingerprint density at radius 1 is 1.26 bits per heavy atom. The molecule has 0 fully saturated rings. The van der Waals surface area contributed by atoms with E-state index in [9.17, 15) is 8.42 Å². The summed E-state index contributed by atoms with van der Waals surface area (Å²) >= 11 is 9.62. The largest absolute Gasteiger partial charge is 0.228 e. The molecule has 1 aromatic carbocycles. The lowest BCUT2D eigenvalue weighted by Gasteiger charge is -2.22. The summed E-state index contributed by atoms with van der Waals surface area (Å²) in [4.78, 5) is 0. The summed E-state index contributed by atoms with van der Waals surface area (Å²) in [6, 6.07) is 7.60. The van der Waals surface area contributed by atoms with Crippen LogP contribution in [0, 0.1) is 0 Å². The van der Waals surface area contributed by atoms with E-state index in [0.29, 0.717) is 16.8 Å². The number of alkyl halides is 1. The molecule has 0 aliphatic carbocycles. The topological polar surface area (TPSA) is 34.1 Å². The highest BCUT2D eigenvalue weighted by Crippen LogP contribution is 2.30. The lowest BCUT2D eigenvalue weighted by molar-refractivity contribution is 0.554. The molecule has 0 radical (unpaired) electrons. The Labute approximate surface area is 129 Å². The summed E-state index contributed by atoms with van der Waals surface area (Å²) in [6.07, 6.45) is 0.578. The van der Waals surface area contributed by atoms with Crippen molar-refractivity contribution in [1.82, 2.24) is 0 Å². The number of sulfone groups is 1. The smallest absolute Gasteiger partial charge is 0.155 e. The van der Waals surface area contributed by atoms with Crippen LogP contribution in [-0.4, -0.2) is 24.2 Å². The summed E-state index contributed by atoms with van der Waals surface area (Å²) in [7, 11) is -3.09. The van der Waals surface area contributed by atoms with Crippen LogP contribution in [0.15, 0.2) is 24.3 Å². The molecule has 1 atom stereocenters. The van der Waals surface area contributed by atoms with Gasteiger partial charge in [0.05, 0.1) is 10.5 Å². The van der Waals surface area contributed by atoms with Crippen LogP contribution < -0.4 is 0 Å². The summed E-state index contributed by atoms with van der Waals surface area (Å²) < 4.78 is 23.6. The van der Waals surface area contributed by atoms with Crippen molar-refractivity contribution in [2.45, 2.75) is 37.9 Å². The van der Waals surface area contributed by atoms with Crippen LogP contribution in [0.4, 0.5) is 0 Å². The Bertz CT molecular complexity index is 520. The third-order valence-electron chi connectivity index (χ3n) is 3.20. The van der Waals surface area contributed by atoms with E-state index in [2.05, 4.69) is 15.9 Å². The van der Waals surface area contributed by atoms with Crippen molar-refractivity contribution in [2.75, 3.05) is 11.1 Å². The Balaban J connectivity index is 2.84. The normalized spacial score (nSPS) is 14.4. The first-order valence-corrected chi connectivity index (χ1v) is 9.37. The first kappa shape index (κ1) is 17.0. The van der Waals surface area contributed by atoms with Gasteiger partial charge in [-0.3, -0.25) is 0 Å². The van der Waals surface area contributed by atoms with E-state index in [1.165, 1.54) is 0 Å². The van der Waals surface area contributed by atoms with Gasteiger partial charge in [-0.1, -0.05) is 45.7 Å². The SMILES string of the molecule is CC(C)(C)S(=O)(=O)CCC(CBr)c1ccccc1Cl. The van der Waals surface area contributed by atoms with Gasteiger partial charge in [0, 0.05) is 10.4 Å². The average Bonchev–Trinajstić information content (AvgIpc) is 2.30. The van der Waals surface area contributed by atoms with Crippen molar-refractivity contribution in [1.29, 1.82) is 0 Å². The van der Waals surface area contributed by atoms with Crippen molar-refractivity contribution in [3.63, 3.8) is 0 Å². The van der Waals surface area contributed by atoms with Crippen LogP contribution in [0.3, 0.4) is 0 Å². The Morgan fingerprint density at radius 3 is 2.32 bits per heavy atom. The van der Waals surface area contributed by atoms with Gasteiger partial charge in [0.2, 0.25) is 0 Å². The molecule has 0 aromatic heterocycles. The highest BCUT2D eigenvalue weighted by Gasteiger charge is 2.29. The molecule has 0 bridgehead atoms. The summed E-state index contributed by atoms with van der Waals surface area (Å²) in [5, 5.41) is 1.40. The molecule has 0 spiro atoms. The van der Waals surface area contributed by atoms with Crippen molar-refractivity contribution < 1.29 is 8.42 Å². The number of hydrogen-bond donors (Lipinski definition) is 0. The van der Waals surface area contributed by atoms with Crippen LogP contribution in [-0.2, 0) is 9.84 Å². The van der Waals surface area contributed by atoms with Gasteiger partial charge in [0.25, 0.3) is 0 Å². The number of hydrogen-bond acceptors (Lipinski definition) is 2. The first-order chi connectivity index (χ1) is 8.69. The molecule has 0 heterocycles. The van der Waals surface area contributed by atoms with E-state index < -0.39 is 14.6 Å². The fraction of sp³-hybridized carbons (Fsp3) is 0.571. The van der Waals surface area contributed by atoms with Gasteiger partial charge < -0.3 is 0 Å². The number of benzene rings is 1. The molecule has 0 amide bonds. The fourth-order valence-corrected chi connectivity index (χ4v) is 3.90. The number of halogens is 2. The molecule has 1 aromatic rings. The molecule has 0 saturated carbocycles. The quantitative estimate of drug-likeness (QED) is 0.722. The summed E-state index contributed by atoms with van der Waals surface area (Å²) in [6.45, 7) is 5.21. The van der Waals surface area contributed by atoms with Gasteiger partial charge in [0.15, 0.2) is 9.84 Å². The zero-order valence-electron chi connectivity index (χ0n) is 11.5. The molecule has 0 N–H and O–H groups in total. The molecular weight excluding hydrogens is 348 g/mol. The molecule has 19 heavy (non-hydrogen) atoms. The maximum Gasteiger partial charge on any atom is 0.155 e. The van der Waals surface area contributed by atoms with E-state index >= 15 is 0 Å². The molecule has 1 rings (SSSR count). The van der Waals surface area contributed by atoms with Crippen molar-refractivity contribution in [3.05, 3.63) is 34.9 Å². The van der Waals surface area contributed by atoms with Crippen LogP contribution >= 0.6 is 27.5 Å². The molecule has 5 heteroatoms. The highest BCUT2D eigenvalue weighted by atomic mass is 79.9. The molecule has 2 nitrogen and oxygen atoms in total. The third kappa shape index (κ3) is 4.47. The Hall–Kier alpha value is -0.0600. The Kier molecular flexibility index (Phi) is 5.90. The maximum absolute atomic E-state index is 12.1. The van der Waals surface area contributed by atoms with E-state index in [-0.39, 0.29) is 11.7 Å². The lowest BCUT2D eigenvalue weighted by atomic mass is 9.99. The van der Waals surface area contributed by atoms with Crippen LogP contribution in [0.5, 0.6) is 0 Å². The minimum absolute atomic E-state index is 0.117. The standard InChI is InChI=1S/C14H20BrClO2S/c1-14(2,3)19(17,18)9-8-11(10-15)12-6-4-5-7-13(12)16/h4-7,11H,8-10H2,1-3H3. The predicted octanol–water partition coefficient (Wildman–Crippen LogP) is 4.42. The lowest BCUT2D eigenvalue weighted by Crippen LogP contribution is -2.31. The van der Waals surface area contributed by atoms with Crippen molar-refractivity contribution in [2.24, 2.45) is 0 Å². The van der Waals surface area contributed by atoms with Gasteiger partial charge in [0.1, 0.15) is 0 Å². The van der Waals surface area contributed by atoms with Crippen LogP contribution in [0.25, 0.3) is 0 Å². The highest BCUT2D eigenvalue weighted by molar-refractivity contribution is 9.09. The van der Waals surface area contributed by atoms with E-state index in [4.69, 9.17) is 11.6 Å². The maximum atomic E-state index is 12.1. The summed E-state index contributed by atoms with van der Waals surface area (Å²) in [5.74, 6) is 0.295. The second kappa shape index (κ2) is 6.59. The van der Waals surface area contributed by atoms with Crippen molar-refractivity contribution >= 4 is 37.4 Å². The molecule has 0 aliphatic heterocycles. The van der Waals surface area contributed by atoms with E-state index in [1.807, 2.05) is 24.3 Å². The van der Waals surface area contributed by atoms with E-state index in [0.717, 1.165) is 5.56 Å². The molecule has 0 saturated heterocycles. The van der Waals surface area contributed by atoms with Gasteiger partial charge in [-0.05, 0) is 44.7 Å². The zero-order chi connectivity index (χ0) is 14.7. The van der Waals surface area contributed by atoms with Gasteiger partial charge in [-0.25, -0.2) is 8.42 Å². The molecule has 1 unspecified atom stereocenters. The van der Waals surface area contributed by atoms with Crippen molar-refractivity contribution in [3.8, 4) is 0 Å². The second-order valence-electron chi connectivity index (χ2n) is 5.59. The van der Waals surface area contributed by atoms with Gasteiger partial charge >= 0.3 is 0 Å². The minimum Gasteiger partial charge on any atom is -0.228 e. The monoisotopic (exact) mass is 366 g/mol. The van der Waals surface area contributed by atoms with Crippen LogP contribution in [0.1, 0.15) is 38.7 Å². The zero-order valence-corrected chi connectivity index (χ0v) is 14.6. The number of rotatable bonds is 5. The van der Waals surface area contributed by atoms with Crippen LogP contribution in [0.2, 0.25) is 5.02 Å². The minimum atomic E-state index is -3.09.